The summed E-state index contributed by atoms with van der Waals surface area (Å²) >= 11 is 1.74. The quantitative estimate of drug-likeness (QED) is 0.769. The number of rotatable bonds is 7. The molecule has 0 saturated heterocycles. The molecule has 0 amide bonds. The standard InChI is InChI=1S/C17H21F2NS/c1-3-9-20-16(17-8-6-14(4-2)21-17)11-12-10-13(18)5-7-15(12)19/h5-8,10,16,20H,3-4,9,11H2,1-2H3. The van der Waals surface area contributed by atoms with Crippen LogP contribution in [0, 0.1) is 11.6 Å². The smallest absolute Gasteiger partial charge is 0.126 e. The van der Waals surface area contributed by atoms with E-state index in [1.54, 1.807) is 11.3 Å². The second-order valence-corrected chi connectivity index (χ2v) is 6.30. The summed E-state index contributed by atoms with van der Waals surface area (Å²) in [6, 6.07) is 7.90. The minimum Gasteiger partial charge on any atom is -0.309 e. The van der Waals surface area contributed by atoms with Gasteiger partial charge in [-0.05, 0) is 61.7 Å². The first-order chi connectivity index (χ1) is 10.1. The highest BCUT2D eigenvalue weighted by atomic mass is 32.1. The van der Waals surface area contributed by atoms with Crippen LogP contribution in [0.2, 0.25) is 0 Å². The van der Waals surface area contributed by atoms with Gasteiger partial charge in [-0.3, -0.25) is 0 Å². The lowest BCUT2D eigenvalue weighted by Gasteiger charge is -2.18. The van der Waals surface area contributed by atoms with Gasteiger partial charge in [0, 0.05) is 15.8 Å². The van der Waals surface area contributed by atoms with Crippen molar-refractivity contribution in [3.05, 3.63) is 57.3 Å². The summed E-state index contributed by atoms with van der Waals surface area (Å²) in [4.78, 5) is 2.50. The molecule has 2 aromatic rings. The van der Waals surface area contributed by atoms with Crippen LogP contribution >= 0.6 is 11.3 Å². The SMILES string of the molecule is CCCNC(Cc1cc(F)ccc1F)c1ccc(CC)s1. The van der Waals surface area contributed by atoms with E-state index in [1.165, 1.54) is 21.9 Å². The van der Waals surface area contributed by atoms with Gasteiger partial charge in [-0.2, -0.15) is 0 Å². The Morgan fingerprint density at radius 1 is 1.14 bits per heavy atom. The summed E-state index contributed by atoms with van der Waals surface area (Å²) in [5.74, 6) is -0.729. The molecule has 0 aliphatic carbocycles. The molecule has 114 valence electrons. The van der Waals surface area contributed by atoms with Crippen molar-refractivity contribution in [3.63, 3.8) is 0 Å². The first-order valence-electron chi connectivity index (χ1n) is 7.40. The molecule has 1 nitrogen and oxygen atoms in total. The van der Waals surface area contributed by atoms with Gasteiger partial charge in [0.2, 0.25) is 0 Å². The lowest BCUT2D eigenvalue weighted by molar-refractivity contribution is 0.514. The van der Waals surface area contributed by atoms with E-state index in [0.29, 0.717) is 12.0 Å². The third kappa shape index (κ3) is 4.35. The van der Waals surface area contributed by atoms with E-state index in [2.05, 4.69) is 31.3 Å². The van der Waals surface area contributed by atoms with Crippen LogP contribution in [0.3, 0.4) is 0 Å². The molecule has 1 N–H and O–H groups in total. The molecule has 0 aliphatic rings. The Morgan fingerprint density at radius 3 is 2.62 bits per heavy atom. The summed E-state index contributed by atoms with van der Waals surface area (Å²) in [7, 11) is 0. The summed E-state index contributed by atoms with van der Waals surface area (Å²) in [5.41, 5.74) is 0.426. The van der Waals surface area contributed by atoms with Crippen LogP contribution in [0.4, 0.5) is 8.78 Å². The summed E-state index contributed by atoms with van der Waals surface area (Å²) < 4.78 is 27.2. The van der Waals surface area contributed by atoms with Crippen molar-refractivity contribution in [2.45, 2.75) is 39.2 Å². The number of aryl methyl sites for hydroxylation is 1. The van der Waals surface area contributed by atoms with E-state index < -0.39 is 0 Å². The van der Waals surface area contributed by atoms with Crippen LogP contribution < -0.4 is 5.32 Å². The van der Waals surface area contributed by atoms with Gasteiger partial charge in [0.25, 0.3) is 0 Å². The van der Waals surface area contributed by atoms with Crippen molar-refractivity contribution in [2.75, 3.05) is 6.54 Å². The topological polar surface area (TPSA) is 12.0 Å². The van der Waals surface area contributed by atoms with Crippen LogP contribution in [0.15, 0.2) is 30.3 Å². The molecule has 2 rings (SSSR count). The third-order valence-electron chi connectivity index (χ3n) is 3.45. The summed E-state index contributed by atoms with van der Waals surface area (Å²) in [6.07, 6.45) is 2.47. The average Bonchev–Trinajstić information content (AvgIpc) is 2.95. The third-order valence-corrected chi connectivity index (χ3v) is 4.79. The van der Waals surface area contributed by atoms with E-state index in [-0.39, 0.29) is 17.7 Å². The zero-order chi connectivity index (χ0) is 15.2. The molecule has 4 heteroatoms. The zero-order valence-electron chi connectivity index (χ0n) is 12.5. The summed E-state index contributed by atoms with van der Waals surface area (Å²) in [5, 5.41) is 3.44. The van der Waals surface area contributed by atoms with E-state index in [4.69, 9.17) is 0 Å². The average molecular weight is 309 g/mol. The van der Waals surface area contributed by atoms with Crippen LogP contribution in [0.5, 0.6) is 0 Å². The molecule has 0 bridgehead atoms. The van der Waals surface area contributed by atoms with Crippen molar-refractivity contribution >= 4 is 11.3 Å². The predicted molar refractivity (Wildman–Crippen MR) is 84.8 cm³/mol. The Morgan fingerprint density at radius 2 is 1.95 bits per heavy atom. The molecule has 21 heavy (non-hydrogen) atoms. The van der Waals surface area contributed by atoms with Gasteiger partial charge in [0.15, 0.2) is 0 Å². The monoisotopic (exact) mass is 309 g/mol. The van der Waals surface area contributed by atoms with Crippen LogP contribution in [0.1, 0.15) is 41.6 Å². The van der Waals surface area contributed by atoms with Gasteiger partial charge in [-0.25, -0.2) is 8.78 Å². The lowest BCUT2D eigenvalue weighted by Crippen LogP contribution is -2.23. The highest BCUT2D eigenvalue weighted by Crippen LogP contribution is 2.27. The van der Waals surface area contributed by atoms with Crippen molar-refractivity contribution in [1.29, 1.82) is 0 Å². The molecule has 0 radical (unpaired) electrons. The molecule has 1 aromatic heterocycles. The number of nitrogens with one attached hydrogen (secondary N) is 1. The van der Waals surface area contributed by atoms with Crippen LogP contribution in [-0.4, -0.2) is 6.54 Å². The largest absolute Gasteiger partial charge is 0.309 e. The maximum Gasteiger partial charge on any atom is 0.126 e. The van der Waals surface area contributed by atoms with E-state index in [9.17, 15) is 8.78 Å². The second kappa shape index (κ2) is 7.66. The highest BCUT2D eigenvalue weighted by Gasteiger charge is 2.16. The second-order valence-electron chi connectivity index (χ2n) is 5.10. The first-order valence-corrected chi connectivity index (χ1v) is 8.21. The van der Waals surface area contributed by atoms with Gasteiger partial charge in [-0.15, -0.1) is 11.3 Å². The van der Waals surface area contributed by atoms with Crippen molar-refractivity contribution in [2.24, 2.45) is 0 Å². The molecule has 0 fully saturated rings. The van der Waals surface area contributed by atoms with Crippen LogP contribution in [0.25, 0.3) is 0 Å². The Balaban J connectivity index is 2.21. The van der Waals surface area contributed by atoms with Crippen molar-refractivity contribution in [3.8, 4) is 0 Å². The van der Waals surface area contributed by atoms with Crippen molar-refractivity contribution in [1.82, 2.24) is 5.32 Å². The molecule has 0 saturated carbocycles. The number of hydrogen-bond acceptors (Lipinski definition) is 2. The molecule has 1 unspecified atom stereocenters. The minimum atomic E-state index is -0.388. The Bertz CT molecular complexity index is 580. The molecule has 1 heterocycles. The minimum absolute atomic E-state index is 0.0338. The summed E-state index contributed by atoms with van der Waals surface area (Å²) in [6.45, 7) is 5.08. The molecular weight excluding hydrogens is 288 g/mol. The number of hydrogen-bond donors (Lipinski definition) is 1. The fraction of sp³-hybridized carbons (Fsp3) is 0.412. The number of halogens is 2. The fourth-order valence-electron chi connectivity index (χ4n) is 2.28. The van der Waals surface area contributed by atoms with Gasteiger partial charge in [0.1, 0.15) is 11.6 Å². The van der Waals surface area contributed by atoms with Gasteiger partial charge in [0.05, 0.1) is 0 Å². The predicted octanol–water partition coefficient (Wildman–Crippen LogP) is 4.87. The Hall–Kier alpha value is -1.26. The lowest BCUT2D eigenvalue weighted by atomic mass is 10.0. The Labute approximate surface area is 129 Å². The van der Waals surface area contributed by atoms with Crippen LogP contribution in [-0.2, 0) is 12.8 Å². The fourth-order valence-corrected chi connectivity index (χ4v) is 3.31. The first kappa shape index (κ1) is 16.1. The number of benzene rings is 1. The van der Waals surface area contributed by atoms with E-state index in [0.717, 1.165) is 25.5 Å². The zero-order valence-corrected chi connectivity index (χ0v) is 13.3. The van der Waals surface area contributed by atoms with Gasteiger partial charge in [-0.1, -0.05) is 13.8 Å². The highest BCUT2D eigenvalue weighted by molar-refractivity contribution is 7.12. The molecule has 0 aliphatic heterocycles. The van der Waals surface area contributed by atoms with Crippen molar-refractivity contribution < 1.29 is 8.78 Å². The molecule has 0 spiro atoms. The molecule has 1 atom stereocenters. The maximum atomic E-state index is 13.8. The molecular formula is C17H21F2NS. The van der Waals surface area contributed by atoms with E-state index in [1.807, 2.05) is 0 Å². The molecule has 1 aromatic carbocycles. The Kier molecular flexibility index (Phi) is 5.88. The van der Waals surface area contributed by atoms with Gasteiger partial charge >= 0.3 is 0 Å². The van der Waals surface area contributed by atoms with Gasteiger partial charge < -0.3 is 5.32 Å². The number of thiophene rings is 1. The van der Waals surface area contributed by atoms with E-state index >= 15 is 0 Å². The maximum absolute atomic E-state index is 13.8. The normalized spacial score (nSPS) is 12.6.